The summed E-state index contributed by atoms with van der Waals surface area (Å²) in [5.74, 6) is 0.423. The zero-order chi connectivity index (χ0) is 21.4. The summed E-state index contributed by atoms with van der Waals surface area (Å²) in [5.41, 5.74) is 1.85. The molecule has 0 aliphatic rings. The summed E-state index contributed by atoms with van der Waals surface area (Å²) in [6.07, 6.45) is -1.21. The molecule has 0 unspecified atom stereocenters. The fourth-order valence-corrected chi connectivity index (χ4v) is 3.04. The van der Waals surface area contributed by atoms with E-state index >= 15 is 0 Å². The number of methoxy groups -OCH3 is 1. The molecule has 0 saturated heterocycles. The van der Waals surface area contributed by atoms with E-state index in [1.807, 2.05) is 0 Å². The highest BCUT2D eigenvalue weighted by molar-refractivity contribution is 5.50. The molecule has 2 atom stereocenters. The van der Waals surface area contributed by atoms with Gasteiger partial charge in [-0.05, 0) is 48.2 Å². The molecule has 0 spiro atoms. The van der Waals surface area contributed by atoms with Gasteiger partial charge in [0.15, 0.2) is 17.6 Å². The van der Waals surface area contributed by atoms with Crippen molar-refractivity contribution in [1.82, 2.24) is 0 Å². The fourth-order valence-electron chi connectivity index (χ4n) is 3.04. The van der Waals surface area contributed by atoms with Gasteiger partial charge in [0.25, 0.3) is 0 Å². The van der Waals surface area contributed by atoms with Gasteiger partial charge in [-0.25, -0.2) is 0 Å². The maximum absolute atomic E-state index is 10.7. The topological polar surface area (TPSA) is 140 Å². The summed E-state index contributed by atoms with van der Waals surface area (Å²) in [6.45, 7) is -1.25. The maximum Gasteiger partial charge on any atom is 0.167 e. The molecule has 0 heterocycles. The number of aromatic hydroxyl groups is 1. The number of hydrogen-bond acceptors (Lipinski definition) is 8. The highest BCUT2D eigenvalue weighted by Gasteiger charge is 2.26. The van der Waals surface area contributed by atoms with Crippen LogP contribution in [-0.4, -0.2) is 57.1 Å². The first kappa shape index (κ1) is 22.9. The predicted octanol–water partition coefficient (Wildman–Crippen LogP) is 0.784. The second-order valence-electron chi connectivity index (χ2n) is 6.60. The van der Waals surface area contributed by atoms with E-state index in [1.54, 1.807) is 12.1 Å². The highest BCUT2D eigenvalue weighted by atomic mass is 16.5. The fraction of sp³-hybridized carbons (Fsp3) is 0.429. The Morgan fingerprint density at radius 1 is 0.966 bits per heavy atom. The zero-order valence-corrected chi connectivity index (χ0v) is 16.3. The molecule has 29 heavy (non-hydrogen) atoms. The van der Waals surface area contributed by atoms with Crippen LogP contribution in [0.1, 0.15) is 34.8 Å². The average molecular weight is 408 g/mol. The summed E-state index contributed by atoms with van der Waals surface area (Å²) in [4.78, 5) is 0. The van der Waals surface area contributed by atoms with E-state index in [1.165, 1.54) is 25.3 Å². The van der Waals surface area contributed by atoms with Crippen molar-refractivity contribution in [2.75, 3.05) is 20.3 Å². The Bertz CT molecular complexity index is 767. The number of rotatable bonds is 11. The third kappa shape index (κ3) is 5.59. The van der Waals surface area contributed by atoms with Crippen molar-refractivity contribution in [3.8, 4) is 17.2 Å². The monoisotopic (exact) mass is 408 g/mol. The molecule has 0 aromatic heterocycles. The molecule has 0 saturated carbocycles. The van der Waals surface area contributed by atoms with Crippen LogP contribution in [0.3, 0.4) is 0 Å². The normalized spacial score (nSPS) is 13.2. The van der Waals surface area contributed by atoms with Crippen molar-refractivity contribution in [3.05, 3.63) is 52.6 Å². The van der Waals surface area contributed by atoms with Crippen molar-refractivity contribution in [3.63, 3.8) is 0 Å². The molecule has 0 fully saturated rings. The number of hydrogen-bond donors (Lipinski definition) is 6. The molecule has 2 rings (SSSR count). The van der Waals surface area contributed by atoms with Gasteiger partial charge in [-0.15, -0.1) is 0 Å². The molecule has 8 nitrogen and oxygen atoms in total. The second kappa shape index (κ2) is 11.0. The third-order valence-corrected chi connectivity index (χ3v) is 4.62. The Morgan fingerprint density at radius 3 is 2.28 bits per heavy atom. The number of benzene rings is 2. The van der Waals surface area contributed by atoms with Gasteiger partial charge in [0.2, 0.25) is 0 Å². The van der Waals surface area contributed by atoms with E-state index in [9.17, 15) is 25.5 Å². The van der Waals surface area contributed by atoms with Crippen LogP contribution in [0.25, 0.3) is 0 Å². The van der Waals surface area contributed by atoms with Crippen LogP contribution >= 0.6 is 0 Å². The standard InChI is InChI=1S/C21H28O8/c1-28-18-8-13(3-2-6-22)7-16(11-24)21(18)29-19(12-25)20(27)14-4-5-17(26)15(9-14)10-23/h4-5,7-9,19-20,22-27H,2-3,6,10-12H2,1H3/t19-,20+/m1/s1. The van der Waals surface area contributed by atoms with Crippen molar-refractivity contribution in [1.29, 1.82) is 0 Å². The van der Waals surface area contributed by atoms with Crippen LogP contribution in [-0.2, 0) is 19.6 Å². The minimum absolute atomic E-state index is 0.0380. The molecule has 0 radical (unpaired) electrons. The molecule has 0 aliphatic carbocycles. The maximum atomic E-state index is 10.7. The van der Waals surface area contributed by atoms with Gasteiger partial charge in [-0.3, -0.25) is 0 Å². The molecule has 8 heteroatoms. The zero-order valence-electron chi connectivity index (χ0n) is 16.3. The molecule has 2 aromatic carbocycles. The lowest BCUT2D eigenvalue weighted by Gasteiger charge is -2.26. The highest BCUT2D eigenvalue weighted by Crippen LogP contribution is 2.36. The quantitative estimate of drug-likeness (QED) is 0.321. The number of aliphatic hydroxyl groups excluding tert-OH is 5. The predicted molar refractivity (Wildman–Crippen MR) is 105 cm³/mol. The Balaban J connectivity index is 2.33. The van der Waals surface area contributed by atoms with Gasteiger partial charge in [-0.1, -0.05) is 6.07 Å². The van der Waals surface area contributed by atoms with Crippen LogP contribution in [0.15, 0.2) is 30.3 Å². The summed E-state index contributed by atoms with van der Waals surface area (Å²) < 4.78 is 11.2. The van der Waals surface area contributed by atoms with Gasteiger partial charge in [-0.2, -0.15) is 0 Å². The summed E-state index contributed by atoms with van der Waals surface area (Å²) in [7, 11) is 1.44. The van der Waals surface area contributed by atoms with E-state index in [0.29, 0.717) is 29.7 Å². The van der Waals surface area contributed by atoms with E-state index in [0.717, 1.165) is 5.56 Å². The Kier molecular flexibility index (Phi) is 8.69. The van der Waals surface area contributed by atoms with Crippen molar-refractivity contribution in [2.24, 2.45) is 0 Å². The van der Waals surface area contributed by atoms with Crippen molar-refractivity contribution >= 4 is 0 Å². The average Bonchev–Trinajstić information content (AvgIpc) is 2.75. The van der Waals surface area contributed by atoms with Crippen molar-refractivity contribution in [2.45, 2.75) is 38.3 Å². The largest absolute Gasteiger partial charge is 0.508 e. The number of aliphatic hydroxyl groups is 5. The Hall–Kier alpha value is -2.36. The first-order chi connectivity index (χ1) is 14.0. The van der Waals surface area contributed by atoms with Gasteiger partial charge < -0.3 is 40.1 Å². The second-order valence-corrected chi connectivity index (χ2v) is 6.60. The van der Waals surface area contributed by atoms with E-state index in [4.69, 9.17) is 14.6 Å². The van der Waals surface area contributed by atoms with E-state index in [2.05, 4.69) is 0 Å². The number of ether oxygens (including phenoxy) is 2. The summed E-state index contributed by atoms with van der Waals surface area (Å²) >= 11 is 0. The Labute approximate surface area is 169 Å². The molecular weight excluding hydrogens is 380 g/mol. The molecule has 0 bridgehead atoms. The SMILES string of the molecule is COc1cc(CCCO)cc(CO)c1O[C@H](CO)[C@@H](O)c1ccc(O)c(CO)c1. The molecule has 160 valence electrons. The lowest BCUT2D eigenvalue weighted by atomic mass is 10.0. The first-order valence-electron chi connectivity index (χ1n) is 9.28. The molecule has 0 amide bonds. The molecule has 2 aromatic rings. The minimum atomic E-state index is -1.27. The molecular formula is C21H28O8. The first-order valence-corrected chi connectivity index (χ1v) is 9.28. The third-order valence-electron chi connectivity index (χ3n) is 4.62. The lowest BCUT2D eigenvalue weighted by molar-refractivity contribution is -0.00156. The smallest absolute Gasteiger partial charge is 0.167 e. The van der Waals surface area contributed by atoms with Gasteiger partial charge in [0, 0.05) is 17.7 Å². The van der Waals surface area contributed by atoms with Gasteiger partial charge in [0.05, 0.1) is 26.9 Å². The number of phenols is 1. The molecule has 6 N–H and O–H groups in total. The summed E-state index contributed by atoms with van der Waals surface area (Å²) in [6, 6.07) is 7.67. The van der Waals surface area contributed by atoms with Crippen LogP contribution in [0.5, 0.6) is 17.2 Å². The van der Waals surface area contributed by atoms with E-state index < -0.39 is 25.4 Å². The summed E-state index contributed by atoms with van der Waals surface area (Å²) in [5, 5.41) is 58.2. The van der Waals surface area contributed by atoms with Gasteiger partial charge >= 0.3 is 0 Å². The minimum Gasteiger partial charge on any atom is -0.508 e. The van der Waals surface area contributed by atoms with Crippen LogP contribution in [0.2, 0.25) is 0 Å². The van der Waals surface area contributed by atoms with E-state index in [-0.39, 0.29) is 30.3 Å². The number of aryl methyl sites for hydroxylation is 1. The van der Waals surface area contributed by atoms with Crippen LogP contribution < -0.4 is 9.47 Å². The molecule has 0 aliphatic heterocycles. The van der Waals surface area contributed by atoms with Gasteiger partial charge in [0.1, 0.15) is 11.9 Å². The van der Waals surface area contributed by atoms with Crippen molar-refractivity contribution < 1.29 is 40.1 Å². The van der Waals surface area contributed by atoms with Crippen LogP contribution in [0, 0.1) is 0 Å². The Morgan fingerprint density at radius 2 is 1.69 bits per heavy atom. The van der Waals surface area contributed by atoms with Crippen LogP contribution in [0.4, 0.5) is 0 Å². The lowest BCUT2D eigenvalue weighted by Crippen LogP contribution is -2.30.